The van der Waals surface area contributed by atoms with E-state index < -0.39 is 0 Å². The van der Waals surface area contributed by atoms with Crippen molar-refractivity contribution >= 4 is 40.1 Å². The SMILES string of the molecule is NC(=S)c1ccc(NC(=O)c2cncs2)cc1. The van der Waals surface area contributed by atoms with Gasteiger partial charge in [0.2, 0.25) is 0 Å². The molecule has 2 aromatic rings. The number of amides is 1. The average Bonchev–Trinajstić information content (AvgIpc) is 2.83. The lowest BCUT2D eigenvalue weighted by molar-refractivity contribution is 0.103. The molecule has 0 unspecified atom stereocenters. The zero-order chi connectivity index (χ0) is 12.3. The predicted molar refractivity (Wildman–Crippen MR) is 72.4 cm³/mol. The molecule has 4 nitrogen and oxygen atoms in total. The number of nitrogens with zero attached hydrogens (tertiary/aromatic N) is 1. The molecule has 17 heavy (non-hydrogen) atoms. The second-order valence-corrected chi connectivity index (χ2v) is 4.59. The number of hydrogen-bond acceptors (Lipinski definition) is 4. The van der Waals surface area contributed by atoms with Gasteiger partial charge in [0.25, 0.3) is 5.91 Å². The standard InChI is InChI=1S/C11H9N3OS2/c12-10(16)7-1-3-8(4-2-7)14-11(15)9-5-13-6-17-9/h1-6H,(H2,12,16)(H,14,15). The molecule has 1 aromatic carbocycles. The molecule has 86 valence electrons. The van der Waals surface area contributed by atoms with Gasteiger partial charge in [0, 0.05) is 11.3 Å². The molecule has 0 atom stereocenters. The Morgan fingerprint density at radius 3 is 2.59 bits per heavy atom. The number of aromatic nitrogens is 1. The van der Waals surface area contributed by atoms with E-state index in [1.54, 1.807) is 29.8 Å². The number of carbonyl (C=O) groups is 1. The van der Waals surface area contributed by atoms with Gasteiger partial charge in [0.1, 0.15) is 9.87 Å². The van der Waals surface area contributed by atoms with E-state index in [0.29, 0.717) is 15.6 Å². The average molecular weight is 263 g/mol. The molecule has 0 spiro atoms. The summed E-state index contributed by atoms with van der Waals surface area (Å²) in [6.45, 7) is 0. The number of nitrogens with one attached hydrogen (secondary N) is 1. The Bertz CT molecular complexity index is 534. The van der Waals surface area contributed by atoms with Gasteiger partial charge < -0.3 is 11.1 Å². The van der Waals surface area contributed by atoms with Crippen molar-refractivity contribution in [1.29, 1.82) is 0 Å². The Balaban J connectivity index is 2.09. The van der Waals surface area contributed by atoms with Crippen LogP contribution in [0.1, 0.15) is 15.2 Å². The summed E-state index contributed by atoms with van der Waals surface area (Å²) in [6.07, 6.45) is 1.53. The van der Waals surface area contributed by atoms with Gasteiger partial charge in [0.15, 0.2) is 0 Å². The molecule has 3 N–H and O–H groups in total. The summed E-state index contributed by atoms with van der Waals surface area (Å²) in [5.74, 6) is -0.171. The van der Waals surface area contributed by atoms with Crippen LogP contribution in [0.2, 0.25) is 0 Å². The summed E-state index contributed by atoms with van der Waals surface area (Å²) in [7, 11) is 0. The maximum Gasteiger partial charge on any atom is 0.267 e. The van der Waals surface area contributed by atoms with Gasteiger partial charge in [-0.2, -0.15) is 0 Å². The van der Waals surface area contributed by atoms with Crippen LogP contribution < -0.4 is 11.1 Å². The number of hydrogen-bond donors (Lipinski definition) is 2. The van der Waals surface area contributed by atoms with E-state index in [-0.39, 0.29) is 5.91 Å². The molecular weight excluding hydrogens is 254 g/mol. The third kappa shape index (κ3) is 2.86. The fraction of sp³-hybridized carbons (Fsp3) is 0. The van der Waals surface area contributed by atoms with Crippen molar-refractivity contribution in [1.82, 2.24) is 4.98 Å². The van der Waals surface area contributed by atoms with Gasteiger partial charge in [-0.05, 0) is 24.3 Å². The molecule has 0 saturated heterocycles. The maximum absolute atomic E-state index is 11.7. The smallest absolute Gasteiger partial charge is 0.267 e. The largest absolute Gasteiger partial charge is 0.389 e. The van der Waals surface area contributed by atoms with Crippen molar-refractivity contribution in [3.05, 3.63) is 46.4 Å². The highest BCUT2D eigenvalue weighted by Crippen LogP contribution is 2.13. The van der Waals surface area contributed by atoms with Crippen molar-refractivity contribution in [3.63, 3.8) is 0 Å². The van der Waals surface area contributed by atoms with Crippen molar-refractivity contribution in [2.45, 2.75) is 0 Å². The number of carbonyl (C=O) groups excluding carboxylic acids is 1. The normalized spacial score (nSPS) is 9.88. The summed E-state index contributed by atoms with van der Waals surface area (Å²) < 4.78 is 0. The third-order valence-corrected chi connectivity index (χ3v) is 3.09. The van der Waals surface area contributed by atoms with Crippen LogP contribution in [0.5, 0.6) is 0 Å². The van der Waals surface area contributed by atoms with Gasteiger partial charge in [-0.3, -0.25) is 9.78 Å². The third-order valence-electron chi connectivity index (χ3n) is 2.08. The van der Waals surface area contributed by atoms with Gasteiger partial charge in [-0.25, -0.2) is 0 Å². The van der Waals surface area contributed by atoms with Crippen LogP contribution in [0.4, 0.5) is 5.69 Å². The highest BCUT2D eigenvalue weighted by molar-refractivity contribution is 7.80. The molecule has 2 rings (SSSR count). The van der Waals surface area contributed by atoms with Crippen molar-refractivity contribution in [2.75, 3.05) is 5.32 Å². The second kappa shape index (κ2) is 5.03. The van der Waals surface area contributed by atoms with E-state index >= 15 is 0 Å². The van der Waals surface area contributed by atoms with Crippen LogP contribution in [0.25, 0.3) is 0 Å². The second-order valence-electron chi connectivity index (χ2n) is 3.26. The molecule has 0 aliphatic heterocycles. The maximum atomic E-state index is 11.7. The van der Waals surface area contributed by atoms with Crippen LogP contribution in [0, 0.1) is 0 Å². The first kappa shape index (κ1) is 11.7. The van der Waals surface area contributed by atoms with E-state index in [0.717, 1.165) is 5.56 Å². The van der Waals surface area contributed by atoms with E-state index in [4.69, 9.17) is 18.0 Å². The summed E-state index contributed by atoms with van der Waals surface area (Å²) in [5, 5.41) is 2.76. The Morgan fingerprint density at radius 1 is 1.35 bits per heavy atom. The summed E-state index contributed by atoms with van der Waals surface area (Å²) >= 11 is 6.14. The molecule has 0 aliphatic carbocycles. The minimum Gasteiger partial charge on any atom is -0.389 e. The lowest BCUT2D eigenvalue weighted by Gasteiger charge is -2.04. The van der Waals surface area contributed by atoms with Crippen LogP contribution in [-0.2, 0) is 0 Å². The Labute approximate surface area is 107 Å². The predicted octanol–water partition coefficient (Wildman–Crippen LogP) is 2.03. The lowest BCUT2D eigenvalue weighted by Crippen LogP contribution is -2.11. The quantitative estimate of drug-likeness (QED) is 0.831. The van der Waals surface area contributed by atoms with Crippen molar-refractivity contribution < 1.29 is 4.79 Å². The molecule has 0 saturated carbocycles. The highest BCUT2D eigenvalue weighted by atomic mass is 32.1. The molecule has 0 bridgehead atoms. The van der Waals surface area contributed by atoms with Crippen LogP contribution >= 0.6 is 23.6 Å². The zero-order valence-corrected chi connectivity index (χ0v) is 10.3. The topological polar surface area (TPSA) is 68.0 Å². The number of nitrogens with two attached hydrogens (primary N) is 1. The van der Waals surface area contributed by atoms with Gasteiger partial charge >= 0.3 is 0 Å². The van der Waals surface area contributed by atoms with E-state index in [1.807, 2.05) is 0 Å². The Kier molecular flexibility index (Phi) is 3.46. The van der Waals surface area contributed by atoms with Crippen molar-refractivity contribution in [2.24, 2.45) is 5.73 Å². The van der Waals surface area contributed by atoms with Gasteiger partial charge in [-0.15, -0.1) is 11.3 Å². The lowest BCUT2D eigenvalue weighted by atomic mass is 10.2. The number of thiazole rings is 1. The Hall–Kier alpha value is -1.79. The molecule has 0 aliphatic rings. The van der Waals surface area contributed by atoms with E-state index in [2.05, 4.69) is 10.3 Å². The number of anilines is 1. The monoisotopic (exact) mass is 263 g/mol. The van der Waals surface area contributed by atoms with Gasteiger partial charge in [-0.1, -0.05) is 12.2 Å². The van der Waals surface area contributed by atoms with Crippen molar-refractivity contribution in [3.8, 4) is 0 Å². The van der Waals surface area contributed by atoms with E-state index in [1.165, 1.54) is 17.5 Å². The number of benzene rings is 1. The number of thiocarbonyl (C=S) groups is 1. The van der Waals surface area contributed by atoms with E-state index in [9.17, 15) is 4.79 Å². The molecule has 1 heterocycles. The van der Waals surface area contributed by atoms with Crippen LogP contribution in [0.15, 0.2) is 36.0 Å². The summed E-state index contributed by atoms with van der Waals surface area (Å²) in [5.41, 5.74) is 8.57. The van der Waals surface area contributed by atoms with Crippen LogP contribution in [-0.4, -0.2) is 15.9 Å². The molecule has 1 amide bonds. The number of rotatable bonds is 3. The molecule has 1 aromatic heterocycles. The minimum atomic E-state index is -0.171. The molecular formula is C11H9N3OS2. The fourth-order valence-electron chi connectivity index (χ4n) is 1.24. The molecule has 6 heteroatoms. The first-order valence-corrected chi connectivity index (χ1v) is 6.05. The Morgan fingerprint density at radius 2 is 2.06 bits per heavy atom. The summed E-state index contributed by atoms with van der Waals surface area (Å²) in [6, 6.07) is 7.05. The first-order chi connectivity index (χ1) is 8.16. The minimum absolute atomic E-state index is 0.171. The highest BCUT2D eigenvalue weighted by Gasteiger charge is 2.07. The molecule has 0 radical (unpaired) electrons. The first-order valence-electron chi connectivity index (χ1n) is 4.76. The molecule has 0 fully saturated rings. The van der Waals surface area contributed by atoms with Crippen LogP contribution in [0.3, 0.4) is 0 Å². The zero-order valence-electron chi connectivity index (χ0n) is 8.71. The fourth-order valence-corrected chi connectivity index (χ4v) is 1.89. The van der Waals surface area contributed by atoms with Gasteiger partial charge in [0.05, 0.1) is 11.7 Å². The summed E-state index contributed by atoms with van der Waals surface area (Å²) in [4.78, 5) is 16.5.